The number of hydrogen-bond acceptors (Lipinski definition) is 4. The van der Waals surface area contributed by atoms with E-state index in [2.05, 4.69) is 11.6 Å². The SMILES string of the molecule is CCOC(=O)CCNCC1(SC)CC1. The molecule has 0 spiro atoms. The fraction of sp³-hybridized carbons (Fsp3) is 0.900. The van der Waals surface area contributed by atoms with Crippen molar-refractivity contribution in [2.45, 2.75) is 30.9 Å². The Bertz CT molecular complexity index is 193. The highest BCUT2D eigenvalue weighted by Gasteiger charge is 2.41. The van der Waals surface area contributed by atoms with Gasteiger partial charge in [-0.2, -0.15) is 11.8 Å². The maximum atomic E-state index is 11.0. The van der Waals surface area contributed by atoms with Gasteiger partial charge in [0.2, 0.25) is 0 Å². The molecule has 0 aromatic heterocycles. The molecule has 1 aliphatic carbocycles. The molecule has 0 amide bonds. The number of carbonyl (C=O) groups excluding carboxylic acids is 1. The van der Waals surface area contributed by atoms with Gasteiger partial charge in [-0.15, -0.1) is 0 Å². The molecule has 14 heavy (non-hydrogen) atoms. The van der Waals surface area contributed by atoms with Crippen molar-refractivity contribution in [2.24, 2.45) is 0 Å². The molecule has 0 aromatic carbocycles. The van der Waals surface area contributed by atoms with E-state index in [4.69, 9.17) is 4.74 Å². The lowest BCUT2D eigenvalue weighted by Crippen LogP contribution is -2.28. The molecule has 0 heterocycles. The van der Waals surface area contributed by atoms with Crippen LogP contribution in [0.25, 0.3) is 0 Å². The lowest BCUT2D eigenvalue weighted by molar-refractivity contribution is -0.142. The highest BCUT2D eigenvalue weighted by atomic mass is 32.2. The summed E-state index contributed by atoms with van der Waals surface area (Å²) in [6.45, 7) is 4.07. The average molecular weight is 217 g/mol. The minimum Gasteiger partial charge on any atom is -0.466 e. The van der Waals surface area contributed by atoms with E-state index in [1.807, 2.05) is 18.7 Å². The van der Waals surface area contributed by atoms with E-state index < -0.39 is 0 Å². The molecule has 1 aliphatic rings. The van der Waals surface area contributed by atoms with E-state index >= 15 is 0 Å². The van der Waals surface area contributed by atoms with E-state index in [0.717, 1.165) is 13.1 Å². The van der Waals surface area contributed by atoms with Gasteiger partial charge in [-0.3, -0.25) is 4.79 Å². The highest BCUT2D eigenvalue weighted by molar-refractivity contribution is 8.00. The molecule has 0 saturated heterocycles. The van der Waals surface area contributed by atoms with Crippen LogP contribution in [0.15, 0.2) is 0 Å². The van der Waals surface area contributed by atoms with Crippen LogP contribution in [0.3, 0.4) is 0 Å². The standard InChI is InChI=1S/C10H19NO2S/c1-3-13-9(12)4-7-11-8-10(14-2)5-6-10/h11H,3-8H2,1-2H3. The maximum Gasteiger partial charge on any atom is 0.307 e. The van der Waals surface area contributed by atoms with Gasteiger partial charge in [-0.1, -0.05) is 0 Å². The molecule has 0 aliphatic heterocycles. The van der Waals surface area contributed by atoms with E-state index in [-0.39, 0.29) is 5.97 Å². The zero-order valence-corrected chi connectivity index (χ0v) is 9.78. The molecule has 82 valence electrons. The monoisotopic (exact) mass is 217 g/mol. The summed E-state index contributed by atoms with van der Waals surface area (Å²) >= 11 is 1.93. The van der Waals surface area contributed by atoms with Crippen LogP contribution in [0.1, 0.15) is 26.2 Å². The lowest BCUT2D eigenvalue weighted by Gasteiger charge is -2.12. The Labute approximate surface area is 90.0 Å². The number of carbonyl (C=O) groups is 1. The van der Waals surface area contributed by atoms with E-state index in [1.165, 1.54) is 12.8 Å². The Hall–Kier alpha value is -0.220. The Kier molecular flexibility index (Phi) is 4.75. The molecule has 1 N–H and O–H groups in total. The molecular weight excluding hydrogens is 198 g/mol. The summed E-state index contributed by atoms with van der Waals surface area (Å²) in [7, 11) is 0. The minimum absolute atomic E-state index is 0.103. The third-order valence-electron chi connectivity index (χ3n) is 2.50. The Balaban J connectivity index is 1.97. The first-order valence-corrected chi connectivity index (χ1v) is 6.36. The molecule has 0 aromatic rings. The molecule has 0 radical (unpaired) electrons. The Morgan fingerprint density at radius 3 is 2.79 bits per heavy atom. The first kappa shape index (κ1) is 11.9. The average Bonchev–Trinajstić information content (AvgIpc) is 2.94. The third-order valence-corrected chi connectivity index (χ3v) is 3.92. The second kappa shape index (κ2) is 5.61. The van der Waals surface area contributed by atoms with Crippen molar-refractivity contribution >= 4 is 17.7 Å². The number of esters is 1. The first-order chi connectivity index (χ1) is 6.72. The van der Waals surface area contributed by atoms with Crippen LogP contribution in [-0.4, -0.2) is 36.7 Å². The fourth-order valence-corrected chi connectivity index (χ4v) is 2.09. The van der Waals surface area contributed by atoms with Crippen molar-refractivity contribution < 1.29 is 9.53 Å². The zero-order chi connectivity index (χ0) is 10.4. The molecule has 1 saturated carbocycles. The van der Waals surface area contributed by atoms with Crippen LogP contribution >= 0.6 is 11.8 Å². The second-order valence-electron chi connectivity index (χ2n) is 3.62. The predicted molar refractivity (Wildman–Crippen MR) is 59.6 cm³/mol. The van der Waals surface area contributed by atoms with Crippen molar-refractivity contribution in [3.05, 3.63) is 0 Å². The number of hydrogen-bond donors (Lipinski definition) is 1. The summed E-state index contributed by atoms with van der Waals surface area (Å²) in [5, 5.41) is 3.31. The van der Waals surface area contributed by atoms with Crippen molar-refractivity contribution in [3.63, 3.8) is 0 Å². The molecule has 3 nitrogen and oxygen atoms in total. The molecule has 0 atom stereocenters. The van der Waals surface area contributed by atoms with Gasteiger partial charge in [0.25, 0.3) is 0 Å². The van der Waals surface area contributed by atoms with Crippen LogP contribution < -0.4 is 5.32 Å². The van der Waals surface area contributed by atoms with Crippen LogP contribution in [0, 0.1) is 0 Å². The van der Waals surface area contributed by atoms with Gasteiger partial charge in [0.05, 0.1) is 13.0 Å². The number of ether oxygens (including phenoxy) is 1. The van der Waals surface area contributed by atoms with E-state index in [1.54, 1.807) is 0 Å². The van der Waals surface area contributed by atoms with Crippen molar-refractivity contribution in [3.8, 4) is 0 Å². The summed E-state index contributed by atoms with van der Waals surface area (Å²) in [6.07, 6.45) is 5.25. The van der Waals surface area contributed by atoms with Crippen LogP contribution in [0.4, 0.5) is 0 Å². The maximum absolute atomic E-state index is 11.0. The van der Waals surface area contributed by atoms with Crippen LogP contribution in [-0.2, 0) is 9.53 Å². The number of rotatable bonds is 7. The molecular formula is C10H19NO2S. The zero-order valence-electron chi connectivity index (χ0n) is 8.97. The van der Waals surface area contributed by atoms with Crippen molar-refractivity contribution in [1.82, 2.24) is 5.32 Å². The van der Waals surface area contributed by atoms with Crippen LogP contribution in [0.2, 0.25) is 0 Å². The lowest BCUT2D eigenvalue weighted by atomic mass is 10.3. The molecule has 0 unspecified atom stereocenters. The normalized spacial score (nSPS) is 17.9. The minimum atomic E-state index is -0.103. The number of nitrogens with one attached hydrogen (secondary N) is 1. The van der Waals surface area contributed by atoms with E-state index in [0.29, 0.717) is 17.8 Å². The quantitative estimate of drug-likeness (QED) is 0.517. The van der Waals surface area contributed by atoms with Gasteiger partial charge in [0.15, 0.2) is 0 Å². The predicted octanol–water partition coefficient (Wildman–Crippen LogP) is 1.42. The largest absolute Gasteiger partial charge is 0.466 e. The molecule has 4 heteroatoms. The summed E-state index contributed by atoms with van der Waals surface area (Å²) < 4.78 is 5.31. The topological polar surface area (TPSA) is 38.3 Å². The fourth-order valence-electron chi connectivity index (χ4n) is 1.33. The Morgan fingerprint density at radius 2 is 2.29 bits per heavy atom. The van der Waals surface area contributed by atoms with Gasteiger partial charge >= 0.3 is 5.97 Å². The van der Waals surface area contributed by atoms with Crippen molar-refractivity contribution in [1.29, 1.82) is 0 Å². The summed E-state index contributed by atoms with van der Waals surface area (Å²) in [5.41, 5.74) is 0. The molecule has 1 fully saturated rings. The molecule has 0 bridgehead atoms. The third kappa shape index (κ3) is 3.88. The first-order valence-electron chi connectivity index (χ1n) is 5.14. The van der Waals surface area contributed by atoms with Gasteiger partial charge in [-0.05, 0) is 26.0 Å². The number of thioether (sulfide) groups is 1. The second-order valence-corrected chi connectivity index (χ2v) is 4.89. The molecule has 1 rings (SSSR count). The van der Waals surface area contributed by atoms with Gasteiger partial charge in [0.1, 0.15) is 0 Å². The van der Waals surface area contributed by atoms with Gasteiger partial charge in [-0.25, -0.2) is 0 Å². The summed E-state index contributed by atoms with van der Waals surface area (Å²) in [4.78, 5) is 11.0. The smallest absolute Gasteiger partial charge is 0.307 e. The van der Waals surface area contributed by atoms with Gasteiger partial charge in [0, 0.05) is 17.8 Å². The van der Waals surface area contributed by atoms with E-state index in [9.17, 15) is 4.79 Å². The summed E-state index contributed by atoms with van der Waals surface area (Å²) in [6, 6.07) is 0. The Morgan fingerprint density at radius 1 is 1.57 bits per heavy atom. The summed E-state index contributed by atoms with van der Waals surface area (Å²) in [5.74, 6) is -0.103. The van der Waals surface area contributed by atoms with Gasteiger partial charge < -0.3 is 10.1 Å². The van der Waals surface area contributed by atoms with Crippen LogP contribution in [0.5, 0.6) is 0 Å². The van der Waals surface area contributed by atoms with Crippen molar-refractivity contribution in [2.75, 3.05) is 26.0 Å². The highest BCUT2D eigenvalue weighted by Crippen LogP contribution is 2.46.